The quantitative estimate of drug-likeness (QED) is 0.687. The number of pyridine rings is 1. The third kappa shape index (κ3) is 5.59. The molecule has 0 saturated carbocycles. The summed E-state index contributed by atoms with van der Waals surface area (Å²) in [6.45, 7) is 7.23. The Morgan fingerprint density at radius 3 is 2.63 bits per heavy atom. The molecule has 5 nitrogen and oxygen atoms in total. The molecule has 1 heterocycles. The van der Waals surface area contributed by atoms with E-state index in [1.54, 1.807) is 6.20 Å². The van der Waals surface area contributed by atoms with E-state index in [0.29, 0.717) is 12.2 Å². The predicted octanol–water partition coefficient (Wildman–Crippen LogP) is 2.02. The smallest absolute Gasteiger partial charge is 0.225 e. The van der Waals surface area contributed by atoms with Crippen LogP contribution in [-0.4, -0.2) is 24.0 Å². The van der Waals surface area contributed by atoms with Crippen molar-refractivity contribution >= 4 is 17.4 Å². The van der Waals surface area contributed by atoms with Crippen molar-refractivity contribution in [3.8, 4) is 0 Å². The zero-order valence-electron chi connectivity index (χ0n) is 12.0. The lowest BCUT2D eigenvalue weighted by Gasteiger charge is -2.17. The van der Waals surface area contributed by atoms with Crippen molar-refractivity contribution in [2.45, 2.75) is 33.6 Å². The average Bonchev–Trinajstić information content (AvgIpc) is 2.34. The average molecular weight is 264 g/mol. The number of nitrogens with two attached hydrogens (primary N) is 1. The number of unbranched alkanes of at least 4 members (excludes halogenated alkanes) is 1. The summed E-state index contributed by atoms with van der Waals surface area (Å²) in [5, 5.41) is 6.11. The Morgan fingerprint density at radius 1 is 1.32 bits per heavy atom. The molecule has 1 aromatic heterocycles. The molecule has 4 N–H and O–H groups in total. The van der Waals surface area contributed by atoms with Gasteiger partial charge in [-0.05, 0) is 25.0 Å². The molecule has 19 heavy (non-hydrogen) atoms. The minimum absolute atomic E-state index is 0.0921. The number of nitrogens with one attached hydrogen (secondary N) is 2. The zero-order valence-corrected chi connectivity index (χ0v) is 12.0. The van der Waals surface area contributed by atoms with E-state index >= 15 is 0 Å². The fourth-order valence-corrected chi connectivity index (χ4v) is 1.49. The summed E-state index contributed by atoms with van der Waals surface area (Å²) in [6.07, 6.45) is 3.60. The highest BCUT2D eigenvalue weighted by atomic mass is 16.2. The molecule has 0 aliphatic carbocycles. The first-order valence-electron chi connectivity index (χ1n) is 6.64. The summed E-state index contributed by atoms with van der Waals surface area (Å²) >= 11 is 0. The highest BCUT2D eigenvalue weighted by Gasteiger charge is 2.19. The highest BCUT2D eigenvalue weighted by Crippen LogP contribution is 2.13. The maximum absolute atomic E-state index is 11.6. The maximum Gasteiger partial charge on any atom is 0.225 e. The minimum atomic E-state index is -0.319. The van der Waals surface area contributed by atoms with Crippen molar-refractivity contribution in [3.05, 3.63) is 18.3 Å². The number of hydrogen-bond acceptors (Lipinski definition) is 4. The number of amides is 1. The molecule has 0 aromatic carbocycles. The molecule has 0 bridgehead atoms. The molecule has 0 unspecified atom stereocenters. The van der Waals surface area contributed by atoms with Crippen molar-refractivity contribution in [1.82, 2.24) is 10.3 Å². The van der Waals surface area contributed by atoms with Crippen molar-refractivity contribution in [3.63, 3.8) is 0 Å². The number of nitrogens with zero attached hydrogens (tertiary/aromatic N) is 1. The van der Waals surface area contributed by atoms with Gasteiger partial charge in [0, 0.05) is 24.7 Å². The molecular weight excluding hydrogens is 240 g/mol. The van der Waals surface area contributed by atoms with Crippen molar-refractivity contribution in [2.24, 2.45) is 5.41 Å². The van der Waals surface area contributed by atoms with Gasteiger partial charge < -0.3 is 16.4 Å². The summed E-state index contributed by atoms with van der Waals surface area (Å²) < 4.78 is 0. The minimum Gasteiger partial charge on any atom is -0.396 e. The van der Waals surface area contributed by atoms with Gasteiger partial charge in [-0.1, -0.05) is 20.8 Å². The molecule has 0 spiro atoms. The van der Waals surface area contributed by atoms with Crippen LogP contribution in [0.1, 0.15) is 33.6 Å². The van der Waals surface area contributed by atoms with Crippen LogP contribution in [0.5, 0.6) is 0 Å². The first kappa shape index (κ1) is 15.3. The second-order valence-electron chi connectivity index (χ2n) is 5.58. The molecule has 1 amide bonds. The fraction of sp³-hybridized carbons (Fsp3) is 0.571. The van der Waals surface area contributed by atoms with E-state index in [0.717, 1.165) is 25.2 Å². The molecule has 0 aliphatic heterocycles. The Bertz CT molecular complexity index is 412. The molecule has 0 atom stereocenters. The van der Waals surface area contributed by atoms with Gasteiger partial charge in [0.1, 0.15) is 5.82 Å². The zero-order chi connectivity index (χ0) is 14.3. The molecule has 0 aliphatic rings. The summed E-state index contributed by atoms with van der Waals surface area (Å²) in [4.78, 5) is 15.8. The van der Waals surface area contributed by atoms with E-state index in [1.165, 1.54) is 0 Å². The van der Waals surface area contributed by atoms with Crippen LogP contribution < -0.4 is 16.4 Å². The fourth-order valence-electron chi connectivity index (χ4n) is 1.49. The Hall–Kier alpha value is -1.78. The molecule has 0 saturated heterocycles. The Morgan fingerprint density at radius 2 is 2.00 bits per heavy atom. The van der Waals surface area contributed by atoms with Crippen LogP contribution in [0.4, 0.5) is 11.5 Å². The van der Waals surface area contributed by atoms with E-state index in [1.807, 2.05) is 32.9 Å². The SMILES string of the molecule is CC(C)(C)C(=O)NCCCCNc1ncccc1N. The van der Waals surface area contributed by atoms with Crippen LogP contribution in [-0.2, 0) is 4.79 Å². The summed E-state index contributed by atoms with van der Waals surface area (Å²) in [5.41, 5.74) is 6.10. The number of aromatic nitrogens is 1. The van der Waals surface area contributed by atoms with E-state index in [4.69, 9.17) is 5.73 Å². The number of hydrogen-bond donors (Lipinski definition) is 3. The highest BCUT2D eigenvalue weighted by molar-refractivity contribution is 5.81. The largest absolute Gasteiger partial charge is 0.396 e. The van der Waals surface area contributed by atoms with E-state index in [-0.39, 0.29) is 11.3 Å². The molecular formula is C14H24N4O. The summed E-state index contributed by atoms with van der Waals surface area (Å²) in [7, 11) is 0. The Kier molecular flexibility index (Phi) is 5.60. The Labute approximate surface area is 115 Å². The lowest BCUT2D eigenvalue weighted by Crippen LogP contribution is -2.35. The van der Waals surface area contributed by atoms with Crippen LogP contribution in [0.15, 0.2) is 18.3 Å². The van der Waals surface area contributed by atoms with Gasteiger partial charge in [0.2, 0.25) is 5.91 Å². The molecule has 0 fully saturated rings. The monoisotopic (exact) mass is 264 g/mol. The number of nitrogen functional groups attached to an aromatic ring is 1. The molecule has 106 valence electrons. The first-order chi connectivity index (χ1) is 8.91. The second-order valence-corrected chi connectivity index (χ2v) is 5.58. The molecule has 0 radical (unpaired) electrons. The van der Waals surface area contributed by atoms with E-state index in [2.05, 4.69) is 15.6 Å². The second kappa shape index (κ2) is 6.97. The van der Waals surface area contributed by atoms with Gasteiger partial charge in [0.05, 0.1) is 5.69 Å². The predicted molar refractivity (Wildman–Crippen MR) is 78.8 cm³/mol. The molecule has 1 aromatic rings. The first-order valence-corrected chi connectivity index (χ1v) is 6.64. The third-order valence-electron chi connectivity index (χ3n) is 2.70. The van der Waals surface area contributed by atoms with Crippen LogP contribution in [0.25, 0.3) is 0 Å². The lowest BCUT2D eigenvalue weighted by molar-refractivity contribution is -0.128. The maximum atomic E-state index is 11.6. The van der Waals surface area contributed by atoms with Crippen LogP contribution in [0.2, 0.25) is 0 Å². The van der Waals surface area contributed by atoms with Crippen LogP contribution >= 0.6 is 0 Å². The van der Waals surface area contributed by atoms with Gasteiger partial charge >= 0.3 is 0 Å². The number of carbonyl (C=O) groups is 1. The molecule has 1 rings (SSSR count). The standard InChI is InChI=1S/C14H24N4O/c1-14(2,3)13(19)18-9-5-4-8-16-12-11(15)7-6-10-17-12/h6-7,10H,4-5,8-9,15H2,1-3H3,(H,16,17)(H,18,19). The number of rotatable bonds is 6. The van der Waals surface area contributed by atoms with Gasteiger partial charge in [-0.25, -0.2) is 4.98 Å². The number of carbonyl (C=O) groups excluding carboxylic acids is 1. The Balaban J connectivity index is 2.13. The van der Waals surface area contributed by atoms with Crippen molar-refractivity contribution < 1.29 is 4.79 Å². The van der Waals surface area contributed by atoms with Gasteiger partial charge in [0.25, 0.3) is 0 Å². The lowest BCUT2D eigenvalue weighted by atomic mass is 9.96. The summed E-state index contributed by atoms with van der Waals surface area (Å²) in [5.74, 6) is 0.815. The normalized spacial score (nSPS) is 11.1. The van der Waals surface area contributed by atoms with Gasteiger partial charge in [-0.3, -0.25) is 4.79 Å². The van der Waals surface area contributed by atoms with Gasteiger partial charge in [0.15, 0.2) is 0 Å². The van der Waals surface area contributed by atoms with E-state index < -0.39 is 0 Å². The molecule has 5 heteroatoms. The third-order valence-corrected chi connectivity index (χ3v) is 2.70. The summed E-state index contributed by atoms with van der Waals surface area (Å²) in [6, 6.07) is 3.63. The van der Waals surface area contributed by atoms with Crippen LogP contribution in [0, 0.1) is 5.41 Å². The topological polar surface area (TPSA) is 80.0 Å². The van der Waals surface area contributed by atoms with Crippen molar-refractivity contribution in [1.29, 1.82) is 0 Å². The van der Waals surface area contributed by atoms with Crippen molar-refractivity contribution in [2.75, 3.05) is 24.1 Å². The van der Waals surface area contributed by atoms with E-state index in [9.17, 15) is 4.79 Å². The van der Waals surface area contributed by atoms with Crippen LogP contribution in [0.3, 0.4) is 0 Å². The number of anilines is 2. The van der Waals surface area contributed by atoms with Gasteiger partial charge in [-0.15, -0.1) is 0 Å². The van der Waals surface area contributed by atoms with Gasteiger partial charge in [-0.2, -0.15) is 0 Å².